The van der Waals surface area contributed by atoms with Gasteiger partial charge >= 0.3 is 0 Å². The highest BCUT2D eigenvalue weighted by atomic mass is 16.1. The summed E-state index contributed by atoms with van der Waals surface area (Å²) < 4.78 is 0. The zero-order valence-corrected chi connectivity index (χ0v) is 9.89. The van der Waals surface area contributed by atoms with Gasteiger partial charge in [0, 0.05) is 17.9 Å². The summed E-state index contributed by atoms with van der Waals surface area (Å²) in [6, 6.07) is 0.422. The number of carbonyl (C=O) groups excluding carboxylic acids is 1. The van der Waals surface area contributed by atoms with Crippen molar-refractivity contribution in [2.75, 3.05) is 6.54 Å². The van der Waals surface area contributed by atoms with Gasteiger partial charge in [-0.15, -0.1) is 0 Å². The van der Waals surface area contributed by atoms with Crippen molar-refractivity contribution in [2.24, 2.45) is 11.3 Å². The van der Waals surface area contributed by atoms with Crippen LogP contribution in [0, 0.1) is 11.3 Å². The largest absolute Gasteiger partial charge is 0.314 e. The van der Waals surface area contributed by atoms with Crippen LogP contribution in [-0.4, -0.2) is 18.4 Å². The highest BCUT2D eigenvalue weighted by molar-refractivity contribution is 5.84. The van der Waals surface area contributed by atoms with E-state index in [1.807, 2.05) is 20.8 Å². The summed E-state index contributed by atoms with van der Waals surface area (Å²) in [6.07, 6.45) is 3.11. The van der Waals surface area contributed by atoms with Gasteiger partial charge in [0.05, 0.1) is 0 Å². The number of rotatable bonds is 2. The lowest BCUT2D eigenvalue weighted by Crippen LogP contribution is -2.40. The zero-order valence-electron chi connectivity index (χ0n) is 9.89. The monoisotopic (exact) mass is 197 g/mol. The first kappa shape index (κ1) is 11.7. The SMILES string of the molecule is CC1CCNC(CC(=O)C(C)(C)C)C1. The molecule has 0 spiro atoms. The van der Waals surface area contributed by atoms with Gasteiger partial charge in [-0.2, -0.15) is 0 Å². The van der Waals surface area contributed by atoms with Crippen LogP contribution in [0.15, 0.2) is 0 Å². The highest BCUT2D eigenvalue weighted by Gasteiger charge is 2.26. The Morgan fingerprint density at radius 3 is 2.57 bits per heavy atom. The second-order valence-corrected chi connectivity index (χ2v) is 5.66. The van der Waals surface area contributed by atoms with Crippen LogP contribution in [0.25, 0.3) is 0 Å². The molecule has 2 nitrogen and oxygen atoms in total. The van der Waals surface area contributed by atoms with E-state index in [9.17, 15) is 4.79 Å². The van der Waals surface area contributed by atoms with E-state index in [1.165, 1.54) is 6.42 Å². The average molecular weight is 197 g/mol. The minimum atomic E-state index is -0.178. The molecule has 2 unspecified atom stereocenters. The molecule has 82 valence electrons. The van der Waals surface area contributed by atoms with E-state index in [-0.39, 0.29) is 5.41 Å². The van der Waals surface area contributed by atoms with Crippen LogP contribution in [0.3, 0.4) is 0 Å². The fourth-order valence-corrected chi connectivity index (χ4v) is 1.91. The van der Waals surface area contributed by atoms with Crippen molar-refractivity contribution >= 4 is 5.78 Å². The molecule has 1 rings (SSSR count). The molecule has 1 heterocycles. The molecule has 1 N–H and O–H groups in total. The van der Waals surface area contributed by atoms with Gasteiger partial charge in [0.15, 0.2) is 0 Å². The second-order valence-electron chi connectivity index (χ2n) is 5.66. The Hall–Kier alpha value is -0.370. The number of ketones is 1. The molecule has 1 aliphatic rings. The Kier molecular flexibility index (Phi) is 3.71. The third-order valence-electron chi connectivity index (χ3n) is 3.03. The van der Waals surface area contributed by atoms with Gasteiger partial charge in [-0.25, -0.2) is 0 Å². The lowest BCUT2D eigenvalue weighted by atomic mass is 9.83. The van der Waals surface area contributed by atoms with Crippen molar-refractivity contribution < 1.29 is 4.79 Å². The molecule has 1 aliphatic heterocycles. The smallest absolute Gasteiger partial charge is 0.139 e. The van der Waals surface area contributed by atoms with Gasteiger partial charge in [-0.05, 0) is 25.3 Å². The summed E-state index contributed by atoms with van der Waals surface area (Å²) in [7, 11) is 0. The molecule has 1 saturated heterocycles. The summed E-state index contributed by atoms with van der Waals surface area (Å²) in [5.41, 5.74) is -0.178. The van der Waals surface area contributed by atoms with Gasteiger partial charge in [-0.1, -0.05) is 27.7 Å². The van der Waals surface area contributed by atoms with Crippen molar-refractivity contribution in [2.45, 2.75) is 53.0 Å². The second kappa shape index (κ2) is 4.43. The number of nitrogens with one attached hydrogen (secondary N) is 1. The maximum atomic E-state index is 11.8. The van der Waals surface area contributed by atoms with Crippen molar-refractivity contribution in [1.82, 2.24) is 5.32 Å². The maximum Gasteiger partial charge on any atom is 0.139 e. The molecule has 0 aromatic rings. The minimum absolute atomic E-state index is 0.178. The molecule has 0 aromatic carbocycles. The molecule has 0 aromatic heterocycles. The van der Waals surface area contributed by atoms with Crippen LogP contribution in [0.5, 0.6) is 0 Å². The normalized spacial score (nSPS) is 28.9. The third-order valence-corrected chi connectivity index (χ3v) is 3.03. The number of Topliss-reactive ketones (excluding diaryl/α,β-unsaturated/α-hetero) is 1. The van der Waals surface area contributed by atoms with Crippen molar-refractivity contribution in [1.29, 1.82) is 0 Å². The summed E-state index contributed by atoms with van der Waals surface area (Å²) in [5.74, 6) is 1.15. The number of hydrogen-bond acceptors (Lipinski definition) is 2. The summed E-state index contributed by atoms with van der Waals surface area (Å²) in [4.78, 5) is 11.8. The number of carbonyl (C=O) groups is 1. The van der Waals surface area contributed by atoms with E-state index < -0.39 is 0 Å². The van der Waals surface area contributed by atoms with Gasteiger partial charge < -0.3 is 5.32 Å². The predicted octanol–water partition coefficient (Wildman–Crippen LogP) is 2.38. The van der Waals surface area contributed by atoms with Gasteiger partial charge in [0.1, 0.15) is 5.78 Å². The summed E-state index contributed by atoms with van der Waals surface area (Å²) >= 11 is 0. The molecule has 2 atom stereocenters. The maximum absolute atomic E-state index is 11.8. The highest BCUT2D eigenvalue weighted by Crippen LogP contribution is 2.22. The lowest BCUT2D eigenvalue weighted by molar-refractivity contribution is -0.127. The fraction of sp³-hybridized carbons (Fsp3) is 0.917. The van der Waals surface area contributed by atoms with Crippen molar-refractivity contribution in [3.8, 4) is 0 Å². The number of hydrogen-bond donors (Lipinski definition) is 1. The predicted molar refractivity (Wildman–Crippen MR) is 59.3 cm³/mol. The molecule has 1 fully saturated rings. The van der Waals surface area contributed by atoms with Gasteiger partial charge in [0.2, 0.25) is 0 Å². The third kappa shape index (κ3) is 3.41. The Morgan fingerprint density at radius 1 is 1.43 bits per heavy atom. The Labute approximate surface area is 87.5 Å². The molecule has 0 bridgehead atoms. The van der Waals surface area contributed by atoms with E-state index in [0.717, 1.165) is 18.9 Å². The summed E-state index contributed by atoms with van der Waals surface area (Å²) in [6.45, 7) is 9.35. The Balaban J connectivity index is 2.40. The van der Waals surface area contributed by atoms with Gasteiger partial charge in [-0.3, -0.25) is 4.79 Å². The van der Waals surface area contributed by atoms with Crippen molar-refractivity contribution in [3.63, 3.8) is 0 Å². The molecular formula is C12H23NO. The van der Waals surface area contributed by atoms with Crippen LogP contribution in [0.2, 0.25) is 0 Å². The molecule has 0 radical (unpaired) electrons. The van der Waals surface area contributed by atoms with Crippen LogP contribution < -0.4 is 5.32 Å². The van der Waals surface area contributed by atoms with Crippen LogP contribution in [-0.2, 0) is 4.79 Å². The molecule has 2 heteroatoms. The lowest BCUT2D eigenvalue weighted by Gasteiger charge is -2.29. The van der Waals surface area contributed by atoms with Crippen LogP contribution in [0.1, 0.15) is 47.0 Å². The van der Waals surface area contributed by atoms with E-state index in [0.29, 0.717) is 18.2 Å². The van der Waals surface area contributed by atoms with E-state index in [1.54, 1.807) is 0 Å². The Bertz CT molecular complexity index is 205. The van der Waals surface area contributed by atoms with Gasteiger partial charge in [0.25, 0.3) is 0 Å². The van der Waals surface area contributed by atoms with E-state index >= 15 is 0 Å². The topological polar surface area (TPSA) is 29.1 Å². The van der Waals surface area contributed by atoms with E-state index in [2.05, 4.69) is 12.2 Å². The quantitative estimate of drug-likeness (QED) is 0.736. The van der Waals surface area contributed by atoms with Crippen molar-refractivity contribution in [3.05, 3.63) is 0 Å². The number of piperidine rings is 1. The molecule has 0 amide bonds. The Morgan fingerprint density at radius 2 is 2.07 bits per heavy atom. The molecule has 0 saturated carbocycles. The van der Waals surface area contributed by atoms with E-state index in [4.69, 9.17) is 0 Å². The minimum Gasteiger partial charge on any atom is -0.314 e. The molecule has 14 heavy (non-hydrogen) atoms. The van der Waals surface area contributed by atoms with Crippen LogP contribution >= 0.6 is 0 Å². The molecule has 0 aliphatic carbocycles. The molecular weight excluding hydrogens is 174 g/mol. The zero-order chi connectivity index (χ0) is 10.8. The fourth-order valence-electron chi connectivity index (χ4n) is 1.91. The van der Waals surface area contributed by atoms with Crippen LogP contribution in [0.4, 0.5) is 0 Å². The average Bonchev–Trinajstić information content (AvgIpc) is 2.02. The first-order valence-corrected chi connectivity index (χ1v) is 5.66. The first-order chi connectivity index (χ1) is 6.39. The summed E-state index contributed by atoms with van der Waals surface area (Å²) in [5, 5.41) is 3.43. The first-order valence-electron chi connectivity index (χ1n) is 5.66. The standard InChI is InChI=1S/C12H23NO/c1-9-5-6-13-10(7-9)8-11(14)12(2,3)4/h9-10,13H,5-8H2,1-4H3.